The summed E-state index contributed by atoms with van der Waals surface area (Å²) in [6.45, 7) is 1.59. The molecular formula is C17H17ClF2N2O3S. The van der Waals surface area contributed by atoms with Crippen molar-refractivity contribution < 1.29 is 22.0 Å². The van der Waals surface area contributed by atoms with Crippen LogP contribution in [-0.2, 0) is 14.8 Å². The summed E-state index contributed by atoms with van der Waals surface area (Å²) in [6.07, 6.45) is 1.01. The average molecular weight is 403 g/mol. The Balaban J connectivity index is 2.43. The van der Waals surface area contributed by atoms with Gasteiger partial charge in [-0.1, -0.05) is 30.7 Å². The molecule has 5 nitrogen and oxygen atoms in total. The Morgan fingerprint density at radius 2 is 1.77 bits per heavy atom. The van der Waals surface area contributed by atoms with Gasteiger partial charge < -0.3 is 5.32 Å². The van der Waals surface area contributed by atoms with Gasteiger partial charge in [-0.25, -0.2) is 17.2 Å². The number of nitrogens with one attached hydrogen (secondary N) is 1. The standard InChI is InChI=1S/C17H17ClF2N2O3S/c1-3-15(17(23)21-16-13(19)8-5-9-14(16)20)22(26(2,24)25)12-7-4-6-11(18)10-12/h4-10,15H,3H2,1-2H3,(H,21,23)/t15-/m1/s1. The fourth-order valence-electron chi connectivity index (χ4n) is 2.50. The van der Waals surface area contributed by atoms with E-state index in [9.17, 15) is 22.0 Å². The van der Waals surface area contributed by atoms with E-state index in [-0.39, 0.29) is 17.1 Å². The van der Waals surface area contributed by atoms with Crippen LogP contribution in [0.4, 0.5) is 20.2 Å². The fraction of sp³-hybridized carbons (Fsp3) is 0.235. The number of halogens is 3. The Labute approximate surface area is 155 Å². The van der Waals surface area contributed by atoms with Crippen molar-refractivity contribution in [2.24, 2.45) is 0 Å². The summed E-state index contributed by atoms with van der Waals surface area (Å²) in [4.78, 5) is 12.6. The molecule has 9 heteroatoms. The second kappa shape index (κ2) is 8.01. The molecule has 0 aliphatic heterocycles. The number of carbonyl (C=O) groups is 1. The van der Waals surface area contributed by atoms with E-state index in [1.54, 1.807) is 13.0 Å². The number of carbonyl (C=O) groups excluding carboxylic acids is 1. The lowest BCUT2D eigenvalue weighted by Gasteiger charge is -2.30. The molecule has 2 aromatic carbocycles. The molecule has 26 heavy (non-hydrogen) atoms. The van der Waals surface area contributed by atoms with Gasteiger partial charge in [-0.15, -0.1) is 0 Å². The minimum Gasteiger partial charge on any atom is -0.319 e. The molecule has 0 unspecified atom stereocenters. The highest BCUT2D eigenvalue weighted by atomic mass is 35.5. The van der Waals surface area contributed by atoms with Crippen LogP contribution < -0.4 is 9.62 Å². The van der Waals surface area contributed by atoms with Crippen LogP contribution in [0, 0.1) is 11.6 Å². The zero-order valence-corrected chi connectivity index (χ0v) is 15.6. The van der Waals surface area contributed by atoms with Gasteiger partial charge in [-0.3, -0.25) is 9.10 Å². The third kappa shape index (κ3) is 4.50. The number of benzene rings is 2. The highest BCUT2D eigenvalue weighted by molar-refractivity contribution is 7.92. The maximum atomic E-state index is 13.8. The van der Waals surface area contributed by atoms with Crippen LogP contribution in [0.3, 0.4) is 0 Å². The predicted molar refractivity (Wildman–Crippen MR) is 97.8 cm³/mol. The van der Waals surface area contributed by atoms with Crippen LogP contribution in [0.15, 0.2) is 42.5 Å². The van der Waals surface area contributed by atoms with Crippen LogP contribution in [0.5, 0.6) is 0 Å². The molecule has 2 rings (SSSR count). The minimum absolute atomic E-state index is 0.0709. The summed E-state index contributed by atoms with van der Waals surface area (Å²) >= 11 is 5.92. The minimum atomic E-state index is -3.88. The molecule has 2 aromatic rings. The third-order valence-electron chi connectivity index (χ3n) is 3.60. The molecule has 140 valence electrons. The summed E-state index contributed by atoms with van der Waals surface area (Å²) in [6, 6.07) is 7.89. The molecule has 1 atom stereocenters. The Morgan fingerprint density at radius 1 is 1.19 bits per heavy atom. The quantitative estimate of drug-likeness (QED) is 0.799. The van der Waals surface area contributed by atoms with Gasteiger partial charge in [-0.2, -0.15) is 0 Å². The summed E-state index contributed by atoms with van der Waals surface area (Å²) in [5.41, 5.74) is -0.452. The topological polar surface area (TPSA) is 66.5 Å². The van der Waals surface area contributed by atoms with Gasteiger partial charge in [0.1, 0.15) is 23.4 Å². The summed E-state index contributed by atoms with van der Waals surface area (Å²) in [5, 5.41) is 2.42. The number of sulfonamides is 1. The SMILES string of the molecule is CC[C@H](C(=O)Nc1c(F)cccc1F)N(c1cccc(Cl)c1)S(C)(=O)=O. The van der Waals surface area contributed by atoms with Crippen molar-refractivity contribution in [3.8, 4) is 0 Å². The van der Waals surface area contributed by atoms with E-state index in [0.29, 0.717) is 0 Å². The molecule has 0 saturated carbocycles. The van der Waals surface area contributed by atoms with Gasteiger partial charge in [0.2, 0.25) is 15.9 Å². The van der Waals surface area contributed by atoms with E-state index in [4.69, 9.17) is 11.6 Å². The first-order valence-corrected chi connectivity index (χ1v) is 9.87. The Morgan fingerprint density at radius 3 is 2.27 bits per heavy atom. The van der Waals surface area contributed by atoms with Crippen molar-refractivity contribution in [1.82, 2.24) is 0 Å². The van der Waals surface area contributed by atoms with E-state index in [1.807, 2.05) is 0 Å². The van der Waals surface area contributed by atoms with E-state index in [2.05, 4.69) is 5.32 Å². The highest BCUT2D eigenvalue weighted by Crippen LogP contribution is 2.26. The van der Waals surface area contributed by atoms with Crippen molar-refractivity contribution in [3.05, 3.63) is 59.1 Å². The molecule has 0 radical (unpaired) electrons. The predicted octanol–water partition coefficient (Wildman–Crippen LogP) is 3.80. The molecule has 0 heterocycles. The van der Waals surface area contributed by atoms with Crippen LogP contribution in [-0.4, -0.2) is 26.6 Å². The zero-order valence-electron chi connectivity index (χ0n) is 14.0. The Bertz CT molecular complexity index is 902. The van der Waals surface area contributed by atoms with E-state index < -0.39 is 39.3 Å². The van der Waals surface area contributed by atoms with Gasteiger partial charge in [0.25, 0.3) is 0 Å². The normalized spacial score (nSPS) is 12.5. The zero-order chi connectivity index (χ0) is 19.5. The number of nitrogens with zero attached hydrogens (tertiary/aromatic N) is 1. The summed E-state index contributed by atoms with van der Waals surface area (Å²) in [7, 11) is -3.88. The molecule has 1 N–H and O–H groups in total. The smallest absolute Gasteiger partial charge is 0.248 e. The van der Waals surface area contributed by atoms with E-state index >= 15 is 0 Å². The maximum Gasteiger partial charge on any atom is 0.248 e. The number of para-hydroxylation sites is 1. The lowest BCUT2D eigenvalue weighted by atomic mass is 10.1. The molecule has 0 spiro atoms. The van der Waals surface area contributed by atoms with Gasteiger partial charge >= 0.3 is 0 Å². The van der Waals surface area contributed by atoms with Crippen molar-refractivity contribution in [2.45, 2.75) is 19.4 Å². The number of hydrogen-bond donors (Lipinski definition) is 1. The number of anilines is 2. The second-order valence-corrected chi connectivity index (χ2v) is 7.84. The van der Waals surface area contributed by atoms with Gasteiger partial charge in [0, 0.05) is 5.02 Å². The largest absolute Gasteiger partial charge is 0.319 e. The van der Waals surface area contributed by atoms with Gasteiger partial charge in [0.15, 0.2) is 0 Å². The molecule has 1 amide bonds. The first kappa shape index (κ1) is 20.1. The number of hydrogen-bond acceptors (Lipinski definition) is 3. The van der Waals surface area contributed by atoms with Gasteiger partial charge in [-0.05, 0) is 36.8 Å². The molecule has 0 aromatic heterocycles. The molecule has 0 saturated heterocycles. The van der Waals surface area contributed by atoms with Crippen molar-refractivity contribution in [3.63, 3.8) is 0 Å². The van der Waals surface area contributed by atoms with Gasteiger partial charge in [0.05, 0.1) is 11.9 Å². The summed E-state index contributed by atoms with van der Waals surface area (Å²) < 4.78 is 53.0. The molecule has 0 fully saturated rings. The van der Waals surface area contributed by atoms with Crippen LogP contribution in [0.1, 0.15) is 13.3 Å². The Kier molecular flexibility index (Phi) is 6.20. The average Bonchev–Trinajstić information content (AvgIpc) is 2.54. The molecule has 0 aliphatic rings. The third-order valence-corrected chi connectivity index (χ3v) is 5.02. The van der Waals surface area contributed by atoms with E-state index in [1.165, 1.54) is 18.2 Å². The first-order chi connectivity index (χ1) is 12.1. The monoisotopic (exact) mass is 402 g/mol. The molecule has 0 aliphatic carbocycles. The summed E-state index contributed by atoms with van der Waals surface area (Å²) in [5.74, 6) is -2.77. The number of amides is 1. The second-order valence-electron chi connectivity index (χ2n) is 5.55. The maximum absolute atomic E-state index is 13.8. The highest BCUT2D eigenvalue weighted by Gasteiger charge is 2.32. The van der Waals surface area contributed by atoms with Crippen molar-refractivity contribution in [2.75, 3.05) is 15.9 Å². The van der Waals surface area contributed by atoms with Crippen molar-refractivity contribution in [1.29, 1.82) is 0 Å². The lowest BCUT2D eigenvalue weighted by molar-refractivity contribution is -0.117. The molecule has 0 bridgehead atoms. The fourth-order valence-corrected chi connectivity index (χ4v) is 3.89. The van der Waals surface area contributed by atoms with Crippen LogP contribution in [0.2, 0.25) is 5.02 Å². The van der Waals surface area contributed by atoms with Crippen molar-refractivity contribution >= 4 is 38.9 Å². The van der Waals surface area contributed by atoms with Crippen LogP contribution in [0.25, 0.3) is 0 Å². The Hall–Kier alpha value is -2.19. The van der Waals surface area contributed by atoms with E-state index in [0.717, 1.165) is 28.8 Å². The molecular weight excluding hydrogens is 386 g/mol. The number of rotatable bonds is 6. The lowest BCUT2D eigenvalue weighted by Crippen LogP contribution is -2.47. The van der Waals surface area contributed by atoms with Crippen LogP contribution >= 0.6 is 11.6 Å². The first-order valence-electron chi connectivity index (χ1n) is 7.65.